The fourth-order valence-corrected chi connectivity index (χ4v) is 7.89. The molecule has 0 fully saturated rings. The van der Waals surface area contributed by atoms with E-state index >= 15 is 0 Å². The topological polar surface area (TPSA) is 17.3 Å². The van der Waals surface area contributed by atoms with Crippen LogP contribution in [0.5, 0.6) is 0 Å². The van der Waals surface area contributed by atoms with E-state index in [0.29, 0.717) is 0 Å². The third-order valence-corrected chi connectivity index (χ3v) is 9.82. The molecule has 2 aromatic heterocycles. The Balaban J connectivity index is 1.33. The van der Waals surface area contributed by atoms with Crippen LogP contribution in [0.3, 0.4) is 0 Å². The number of rotatable bonds is 5. The summed E-state index contributed by atoms with van der Waals surface area (Å²) >= 11 is 0. The predicted octanol–water partition coefficient (Wildman–Crippen LogP) is 11.0. The zero-order chi connectivity index (χ0) is 30.8. The molecule has 2 nitrogen and oxygen atoms in total. The van der Waals surface area contributed by atoms with Crippen LogP contribution >= 0.6 is 0 Å². The highest BCUT2D eigenvalue weighted by Gasteiger charge is 2.46. The number of benzene rings is 6. The smallest absolute Gasteiger partial charge is 0.146 e. The molecule has 9 rings (SSSR count). The lowest BCUT2D eigenvalue weighted by atomic mass is 9.67. The van der Waals surface area contributed by atoms with Crippen molar-refractivity contribution in [1.29, 1.82) is 0 Å². The molecule has 0 saturated carbocycles. The van der Waals surface area contributed by atoms with Gasteiger partial charge in [0, 0.05) is 10.9 Å². The Morgan fingerprint density at radius 3 is 1.91 bits per heavy atom. The first kappa shape index (κ1) is 26.4. The second kappa shape index (κ2) is 10.0. The minimum absolute atomic E-state index is 0.439. The Bertz CT molecular complexity index is 2460. The van der Waals surface area contributed by atoms with Gasteiger partial charge >= 0.3 is 0 Å². The second-order valence-electron chi connectivity index (χ2n) is 12.0. The van der Waals surface area contributed by atoms with Gasteiger partial charge in [0.05, 0.1) is 22.1 Å². The highest BCUT2D eigenvalue weighted by Crippen LogP contribution is 2.56. The van der Waals surface area contributed by atoms with Crippen LogP contribution < -0.4 is 0 Å². The molecule has 0 amide bonds. The molecule has 8 aromatic rings. The summed E-state index contributed by atoms with van der Waals surface area (Å²) in [5, 5.41) is 2.21. The average molecular weight is 587 g/mol. The molecule has 0 spiro atoms. The Labute approximate surface area is 268 Å². The summed E-state index contributed by atoms with van der Waals surface area (Å²) in [7, 11) is 0. The largest absolute Gasteiger partial charge is 0.292 e. The van der Waals surface area contributed by atoms with E-state index in [4.69, 9.17) is 4.98 Å². The molecule has 46 heavy (non-hydrogen) atoms. The number of nitrogens with zero attached hydrogens (tertiary/aromatic N) is 2. The molecule has 0 aliphatic heterocycles. The molecule has 0 saturated heterocycles. The number of para-hydroxylation sites is 2. The van der Waals surface area contributed by atoms with Crippen LogP contribution in [0.4, 0.5) is 0 Å². The zero-order valence-corrected chi connectivity index (χ0v) is 25.3. The Kier molecular flexibility index (Phi) is 5.75. The molecular formula is C44H30N2. The van der Waals surface area contributed by atoms with Crippen LogP contribution in [0.25, 0.3) is 61.9 Å². The lowest BCUT2D eigenvalue weighted by molar-refractivity contribution is 0.769. The molecule has 0 N–H and O–H groups in total. The van der Waals surface area contributed by atoms with Gasteiger partial charge in [0.15, 0.2) is 0 Å². The molecule has 0 bridgehead atoms. The van der Waals surface area contributed by atoms with Crippen molar-refractivity contribution in [2.75, 3.05) is 0 Å². The summed E-state index contributed by atoms with van der Waals surface area (Å²) in [6.45, 7) is 8.44. The minimum Gasteiger partial charge on any atom is -0.292 e. The normalized spacial score (nSPS) is 13.1. The Hall–Kier alpha value is -5.99. The Morgan fingerprint density at radius 2 is 1.17 bits per heavy atom. The van der Waals surface area contributed by atoms with E-state index in [0.717, 1.165) is 44.3 Å². The minimum atomic E-state index is -0.439. The molecule has 1 aliphatic carbocycles. The summed E-state index contributed by atoms with van der Waals surface area (Å²) < 4.78 is 2.21. The monoisotopic (exact) mass is 586 g/mol. The lowest BCUT2D eigenvalue weighted by Gasteiger charge is -2.34. The van der Waals surface area contributed by atoms with Crippen LogP contribution in [-0.4, -0.2) is 9.38 Å². The summed E-state index contributed by atoms with van der Waals surface area (Å²) in [6, 6.07) is 52.8. The summed E-state index contributed by atoms with van der Waals surface area (Å²) in [5.74, 6) is 0. The maximum absolute atomic E-state index is 5.07. The first-order valence-corrected chi connectivity index (χ1v) is 15.7. The van der Waals surface area contributed by atoms with Crippen LogP contribution in [0, 0.1) is 0 Å². The molecule has 2 heterocycles. The van der Waals surface area contributed by atoms with E-state index in [2.05, 4.69) is 157 Å². The number of pyridine rings is 1. The van der Waals surface area contributed by atoms with E-state index in [-0.39, 0.29) is 0 Å². The van der Waals surface area contributed by atoms with Gasteiger partial charge in [-0.25, -0.2) is 4.98 Å². The van der Waals surface area contributed by atoms with Crippen molar-refractivity contribution in [2.24, 2.45) is 0 Å². The zero-order valence-electron chi connectivity index (χ0n) is 25.3. The van der Waals surface area contributed by atoms with Crippen LogP contribution in [0.15, 0.2) is 159 Å². The van der Waals surface area contributed by atoms with Gasteiger partial charge in [-0.3, -0.25) is 4.40 Å². The van der Waals surface area contributed by atoms with Gasteiger partial charge in [-0.2, -0.15) is 0 Å². The number of aromatic nitrogens is 2. The van der Waals surface area contributed by atoms with Gasteiger partial charge in [0.1, 0.15) is 5.65 Å². The fourth-order valence-electron chi connectivity index (χ4n) is 7.89. The first-order chi connectivity index (χ1) is 22.7. The van der Waals surface area contributed by atoms with Gasteiger partial charge in [-0.15, -0.1) is 0 Å². The van der Waals surface area contributed by atoms with E-state index < -0.39 is 5.41 Å². The standard InChI is InChI=1S/C44H30N2/c1-3-33-37-27-29(24-26-36(37)43-45-40-21-13-14-22-42(40)46(43)41(33)4-2)30-23-25-35-34-19-11-12-20-38(34)44(39(35)28-30,31-15-7-5-8-16-31)32-17-9-6-10-18-32/h3-28H,1-2H2. The van der Waals surface area contributed by atoms with Gasteiger partial charge in [0.25, 0.3) is 0 Å². The SMILES string of the molecule is C=Cc1c(C=C)n2c3ccccc3nc2c2ccc(-c3ccc4c(c3)C(c3ccccc3)(c3ccccc3)c3ccccc3-4)cc12. The van der Waals surface area contributed by atoms with E-state index in [9.17, 15) is 0 Å². The van der Waals surface area contributed by atoms with E-state index in [1.807, 2.05) is 18.2 Å². The Morgan fingerprint density at radius 1 is 0.543 bits per heavy atom. The van der Waals surface area contributed by atoms with Crippen molar-refractivity contribution in [3.63, 3.8) is 0 Å². The molecule has 6 aromatic carbocycles. The third-order valence-electron chi connectivity index (χ3n) is 9.82. The van der Waals surface area contributed by atoms with Gasteiger partial charge in [-0.05, 0) is 86.3 Å². The van der Waals surface area contributed by atoms with Gasteiger partial charge in [0.2, 0.25) is 0 Å². The van der Waals surface area contributed by atoms with Crippen LogP contribution in [0.2, 0.25) is 0 Å². The van der Waals surface area contributed by atoms with Crippen molar-refractivity contribution in [2.45, 2.75) is 5.41 Å². The number of hydrogen-bond acceptors (Lipinski definition) is 1. The number of hydrogen-bond donors (Lipinski definition) is 0. The number of fused-ring (bicyclic) bond motifs is 8. The van der Waals surface area contributed by atoms with Crippen molar-refractivity contribution in [1.82, 2.24) is 9.38 Å². The van der Waals surface area contributed by atoms with E-state index in [1.54, 1.807) is 0 Å². The maximum atomic E-state index is 5.07. The van der Waals surface area contributed by atoms with Crippen molar-refractivity contribution in [3.8, 4) is 22.3 Å². The molecular weight excluding hydrogens is 556 g/mol. The number of imidazole rings is 1. The van der Waals surface area contributed by atoms with E-state index in [1.165, 1.54) is 38.9 Å². The molecule has 216 valence electrons. The highest BCUT2D eigenvalue weighted by molar-refractivity contribution is 6.06. The lowest BCUT2D eigenvalue weighted by Crippen LogP contribution is -2.28. The average Bonchev–Trinajstić information content (AvgIpc) is 3.66. The van der Waals surface area contributed by atoms with Crippen LogP contribution in [-0.2, 0) is 5.41 Å². The molecule has 1 aliphatic rings. The molecule has 0 atom stereocenters. The van der Waals surface area contributed by atoms with Gasteiger partial charge in [-0.1, -0.05) is 134 Å². The first-order valence-electron chi connectivity index (χ1n) is 15.7. The fraction of sp³-hybridized carbons (Fsp3) is 0.0227. The third kappa shape index (κ3) is 3.50. The van der Waals surface area contributed by atoms with Crippen molar-refractivity contribution in [3.05, 3.63) is 192 Å². The maximum Gasteiger partial charge on any atom is 0.146 e. The molecule has 0 unspecified atom stereocenters. The van der Waals surface area contributed by atoms with Crippen molar-refractivity contribution < 1.29 is 0 Å². The summed E-state index contributed by atoms with van der Waals surface area (Å²) in [4.78, 5) is 5.07. The summed E-state index contributed by atoms with van der Waals surface area (Å²) in [6.07, 6.45) is 3.87. The molecule has 0 radical (unpaired) electrons. The van der Waals surface area contributed by atoms with Gasteiger partial charge < -0.3 is 0 Å². The molecule has 2 heteroatoms. The second-order valence-corrected chi connectivity index (χ2v) is 12.0. The predicted molar refractivity (Wildman–Crippen MR) is 193 cm³/mol. The van der Waals surface area contributed by atoms with Crippen molar-refractivity contribution >= 4 is 39.6 Å². The highest BCUT2D eigenvalue weighted by atomic mass is 15.0. The summed E-state index contributed by atoms with van der Waals surface area (Å²) in [5.41, 5.74) is 14.6. The van der Waals surface area contributed by atoms with Crippen LogP contribution in [0.1, 0.15) is 33.5 Å². The quantitative estimate of drug-likeness (QED) is 0.196.